The Labute approximate surface area is 161 Å². The number of rotatable bonds is 17. The van der Waals surface area contributed by atoms with E-state index in [2.05, 4.69) is 48.5 Å². The standard InChI is InChI=1S/C25H48/c1-22(2)18-14-10-8-12-16-20-24(25(5,6)7)21-17-13-9-11-15-19-23(3)4/h22-23H,5-21H2,1-4H3. The Hall–Kier alpha value is 0. The summed E-state index contributed by atoms with van der Waals surface area (Å²) in [4.78, 5) is 0. The Morgan fingerprint density at radius 3 is 1.20 bits per heavy atom. The molecule has 0 heterocycles. The molecule has 25 heavy (non-hydrogen) atoms. The van der Waals surface area contributed by atoms with E-state index >= 15 is 0 Å². The lowest BCUT2D eigenvalue weighted by Crippen LogP contribution is -2.19. The Bertz CT molecular complexity index is 246. The van der Waals surface area contributed by atoms with E-state index in [0.717, 1.165) is 11.8 Å². The quantitative estimate of drug-likeness (QED) is 0.230. The molecule has 0 fully saturated rings. The molecule has 0 spiro atoms. The lowest BCUT2D eigenvalue weighted by Gasteiger charge is -2.30. The predicted octanol–water partition coefficient (Wildman–Crippen LogP) is 8.82. The van der Waals surface area contributed by atoms with Crippen molar-refractivity contribution in [3.8, 4) is 0 Å². The van der Waals surface area contributed by atoms with Gasteiger partial charge < -0.3 is 0 Å². The molecule has 0 nitrogen and oxygen atoms in total. The summed E-state index contributed by atoms with van der Waals surface area (Å²) in [5.41, 5.74) is -0.338. The third-order valence-electron chi connectivity index (χ3n) is 5.27. The molecule has 148 valence electrons. The number of hydrogen-bond donors (Lipinski definition) is 0. The molecule has 0 aliphatic carbocycles. The highest BCUT2D eigenvalue weighted by atomic mass is 14.3. The van der Waals surface area contributed by atoms with E-state index in [-0.39, 0.29) is 5.41 Å². The Morgan fingerprint density at radius 1 is 0.560 bits per heavy atom. The zero-order valence-corrected chi connectivity index (χ0v) is 18.2. The molecule has 0 heteroatoms. The van der Waals surface area contributed by atoms with Crippen LogP contribution in [0.3, 0.4) is 0 Å². The lowest BCUT2D eigenvalue weighted by atomic mass is 9.75. The van der Waals surface area contributed by atoms with E-state index in [4.69, 9.17) is 0 Å². The van der Waals surface area contributed by atoms with Gasteiger partial charge in [-0.1, -0.05) is 105 Å². The van der Waals surface area contributed by atoms with Crippen molar-refractivity contribution in [3.63, 3.8) is 0 Å². The van der Waals surface area contributed by atoms with Crippen molar-refractivity contribution < 1.29 is 0 Å². The van der Waals surface area contributed by atoms with Gasteiger partial charge >= 0.3 is 0 Å². The fourth-order valence-electron chi connectivity index (χ4n) is 3.50. The predicted molar refractivity (Wildman–Crippen MR) is 116 cm³/mol. The SMILES string of the molecule is [CH2]C([CH2])([CH2])[C](CCCCCCCC(C)C)CCCCCCCC(C)C. The summed E-state index contributed by atoms with van der Waals surface area (Å²) >= 11 is 0. The normalized spacial score (nSPS) is 12.7. The van der Waals surface area contributed by atoms with Crippen molar-refractivity contribution in [2.75, 3.05) is 0 Å². The molecule has 0 aliphatic rings. The van der Waals surface area contributed by atoms with Gasteiger partial charge in [0, 0.05) is 0 Å². The van der Waals surface area contributed by atoms with Crippen molar-refractivity contribution in [3.05, 3.63) is 26.7 Å². The van der Waals surface area contributed by atoms with Gasteiger partial charge in [0.25, 0.3) is 0 Å². The molecule has 0 aromatic heterocycles. The Balaban J connectivity index is 3.73. The summed E-state index contributed by atoms with van der Waals surface area (Å²) in [5, 5.41) is 0. The van der Waals surface area contributed by atoms with Gasteiger partial charge in [-0.15, -0.1) is 0 Å². The maximum Gasteiger partial charge on any atom is -0.0179 e. The minimum atomic E-state index is -0.338. The highest BCUT2D eigenvalue weighted by Gasteiger charge is 2.24. The summed E-state index contributed by atoms with van der Waals surface area (Å²) in [7, 11) is 0. The van der Waals surface area contributed by atoms with Crippen LogP contribution in [0, 0.1) is 43.9 Å². The third-order valence-corrected chi connectivity index (χ3v) is 5.27. The molecule has 0 saturated carbocycles. The molecule has 4 radical (unpaired) electrons. The third kappa shape index (κ3) is 17.2. The van der Waals surface area contributed by atoms with Crippen LogP contribution in [0.15, 0.2) is 0 Å². The highest BCUT2D eigenvalue weighted by Crippen LogP contribution is 2.35. The van der Waals surface area contributed by atoms with Crippen LogP contribution in [0.25, 0.3) is 0 Å². The van der Waals surface area contributed by atoms with Crippen LogP contribution >= 0.6 is 0 Å². The van der Waals surface area contributed by atoms with Crippen molar-refractivity contribution in [2.24, 2.45) is 17.3 Å². The second-order valence-corrected chi connectivity index (χ2v) is 9.28. The summed E-state index contributed by atoms with van der Waals surface area (Å²) in [6.07, 6.45) is 18.8. The zero-order chi connectivity index (χ0) is 19.1. The second-order valence-electron chi connectivity index (χ2n) is 9.28. The smallest absolute Gasteiger partial charge is 0.0179 e. The van der Waals surface area contributed by atoms with E-state index < -0.39 is 0 Å². The molecular weight excluding hydrogens is 300 g/mol. The van der Waals surface area contributed by atoms with Gasteiger partial charge in [0.05, 0.1) is 0 Å². The first kappa shape index (κ1) is 25.0. The van der Waals surface area contributed by atoms with Gasteiger partial charge in [-0.3, -0.25) is 0 Å². The molecule has 0 atom stereocenters. The Kier molecular flexibility index (Phi) is 15.1. The van der Waals surface area contributed by atoms with Crippen molar-refractivity contribution >= 4 is 0 Å². The average Bonchev–Trinajstić information content (AvgIpc) is 2.49. The summed E-state index contributed by atoms with van der Waals surface area (Å²) in [6.45, 7) is 21.9. The van der Waals surface area contributed by atoms with E-state index in [1.165, 1.54) is 95.8 Å². The molecule has 0 aromatic rings. The molecule has 0 bridgehead atoms. The van der Waals surface area contributed by atoms with Crippen molar-refractivity contribution in [1.82, 2.24) is 0 Å². The van der Waals surface area contributed by atoms with Crippen molar-refractivity contribution in [2.45, 2.75) is 118 Å². The maximum atomic E-state index is 4.21. The highest BCUT2D eigenvalue weighted by molar-refractivity contribution is 5.12. The Morgan fingerprint density at radius 2 is 0.880 bits per heavy atom. The lowest BCUT2D eigenvalue weighted by molar-refractivity contribution is 0.461. The molecular formula is C25H48. The van der Waals surface area contributed by atoms with Crippen LogP contribution in [0.5, 0.6) is 0 Å². The van der Waals surface area contributed by atoms with Crippen LogP contribution in [-0.2, 0) is 0 Å². The first-order valence-corrected chi connectivity index (χ1v) is 11.1. The molecule has 0 aliphatic heterocycles. The van der Waals surface area contributed by atoms with Gasteiger partial charge in [0.2, 0.25) is 0 Å². The largest absolute Gasteiger partial charge is 0.0628 e. The topological polar surface area (TPSA) is 0 Å². The molecule has 0 amide bonds. The first-order valence-electron chi connectivity index (χ1n) is 11.1. The van der Waals surface area contributed by atoms with Crippen LogP contribution < -0.4 is 0 Å². The van der Waals surface area contributed by atoms with Crippen LogP contribution in [0.1, 0.15) is 118 Å². The summed E-state index contributed by atoms with van der Waals surface area (Å²) in [5.74, 6) is 3.21. The number of unbranched alkanes of at least 4 members (excludes halogenated alkanes) is 8. The van der Waals surface area contributed by atoms with Gasteiger partial charge in [-0.05, 0) is 56.8 Å². The molecule has 0 N–H and O–H groups in total. The molecule has 0 unspecified atom stereocenters. The van der Waals surface area contributed by atoms with Gasteiger partial charge in [-0.25, -0.2) is 0 Å². The fourth-order valence-corrected chi connectivity index (χ4v) is 3.50. The summed E-state index contributed by atoms with van der Waals surface area (Å²) in [6, 6.07) is 0. The molecule has 0 aromatic carbocycles. The van der Waals surface area contributed by atoms with E-state index in [0.29, 0.717) is 0 Å². The van der Waals surface area contributed by atoms with Crippen molar-refractivity contribution in [1.29, 1.82) is 0 Å². The summed E-state index contributed by atoms with van der Waals surface area (Å²) < 4.78 is 0. The van der Waals surface area contributed by atoms with Gasteiger partial charge in [0.15, 0.2) is 0 Å². The molecule has 0 rings (SSSR count). The van der Waals surface area contributed by atoms with Gasteiger partial charge in [-0.2, -0.15) is 0 Å². The van der Waals surface area contributed by atoms with Gasteiger partial charge in [0.1, 0.15) is 0 Å². The van der Waals surface area contributed by atoms with E-state index in [1.54, 1.807) is 0 Å². The van der Waals surface area contributed by atoms with E-state index in [9.17, 15) is 0 Å². The van der Waals surface area contributed by atoms with Crippen LogP contribution in [-0.4, -0.2) is 0 Å². The van der Waals surface area contributed by atoms with Crippen LogP contribution in [0.4, 0.5) is 0 Å². The minimum Gasteiger partial charge on any atom is -0.0628 e. The second kappa shape index (κ2) is 15.1. The maximum absolute atomic E-state index is 4.21. The average molecular weight is 349 g/mol. The van der Waals surface area contributed by atoms with Crippen LogP contribution in [0.2, 0.25) is 0 Å². The number of hydrogen-bond acceptors (Lipinski definition) is 0. The molecule has 0 saturated heterocycles. The van der Waals surface area contributed by atoms with E-state index in [1.807, 2.05) is 0 Å². The minimum absolute atomic E-state index is 0.338. The fraction of sp³-hybridized carbons (Fsp3) is 0.840. The zero-order valence-electron chi connectivity index (χ0n) is 18.2. The first-order chi connectivity index (χ1) is 11.7. The monoisotopic (exact) mass is 348 g/mol.